The van der Waals surface area contributed by atoms with Crippen LogP contribution in [-0.2, 0) is 22.6 Å². The second-order valence-corrected chi connectivity index (χ2v) is 8.63. The number of carbonyl (C=O) groups is 3. The van der Waals surface area contributed by atoms with Crippen molar-refractivity contribution in [3.63, 3.8) is 0 Å². The fraction of sp³-hybridized carbons (Fsp3) is 0.409. The number of halogens is 2. The minimum atomic E-state index is -1.52. The lowest BCUT2D eigenvalue weighted by molar-refractivity contribution is -0.135. The minimum absolute atomic E-state index is 0.113. The summed E-state index contributed by atoms with van der Waals surface area (Å²) in [5, 5.41) is 18.7. The van der Waals surface area contributed by atoms with E-state index in [-0.39, 0.29) is 10.9 Å². The van der Waals surface area contributed by atoms with E-state index in [9.17, 15) is 23.9 Å². The molecular formula is C22H24ClFN4O4. The van der Waals surface area contributed by atoms with E-state index in [0.717, 1.165) is 18.2 Å². The molecule has 0 saturated heterocycles. The number of hydrogen-bond donors (Lipinski definition) is 4. The fourth-order valence-corrected chi connectivity index (χ4v) is 4.56. The Kier molecular flexibility index (Phi) is 5.72. The van der Waals surface area contributed by atoms with Crippen LogP contribution in [-0.4, -0.2) is 40.0 Å². The molecule has 3 amide bonds. The van der Waals surface area contributed by atoms with E-state index in [1.165, 1.54) is 19.2 Å². The summed E-state index contributed by atoms with van der Waals surface area (Å²) < 4.78 is 15.2. The standard InChI is InChI=1S/C22H24ClFN4O4/c1-11-16(18(29)20(31)27-22(7-8-22)21(32)25-2)15-4-3-9-28(15)17(11)19(30)26-12-5-6-14(24)13(23)10-12/h5-6,10,18,29H,3-4,7-9H2,1-2H3,(H,25,32)(H,26,30)(H,27,31). The van der Waals surface area contributed by atoms with Crippen molar-refractivity contribution in [2.45, 2.75) is 50.8 Å². The van der Waals surface area contributed by atoms with Crippen molar-refractivity contribution >= 4 is 35.0 Å². The van der Waals surface area contributed by atoms with Crippen molar-refractivity contribution < 1.29 is 23.9 Å². The van der Waals surface area contributed by atoms with Crippen LogP contribution in [0.2, 0.25) is 5.02 Å². The summed E-state index contributed by atoms with van der Waals surface area (Å²) in [7, 11) is 1.50. The van der Waals surface area contributed by atoms with Gasteiger partial charge in [0.2, 0.25) is 5.91 Å². The third-order valence-electron chi connectivity index (χ3n) is 6.15. The van der Waals surface area contributed by atoms with Gasteiger partial charge in [-0.3, -0.25) is 14.4 Å². The smallest absolute Gasteiger partial charge is 0.272 e. The van der Waals surface area contributed by atoms with Crippen molar-refractivity contribution in [1.82, 2.24) is 15.2 Å². The van der Waals surface area contributed by atoms with Crippen molar-refractivity contribution in [3.05, 3.63) is 51.6 Å². The van der Waals surface area contributed by atoms with E-state index < -0.39 is 29.3 Å². The predicted molar refractivity (Wildman–Crippen MR) is 116 cm³/mol. The van der Waals surface area contributed by atoms with E-state index in [0.29, 0.717) is 48.3 Å². The molecule has 2 aromatic rings. The number of aliphatic hydroxyl groups is 1. The molecule has 2 heterocycles. The topological polar surface area (TPSA) is 112 Å². The van der Waals surface area contributed by atoms with Gasteiger partial charge in [-0.2, -0.15) is 0 Å². The maximum atomic E-state index is 13.4. The molecule has 1 aliphatic heterocycles. The van der Waals surface area contributed by atoms with Crippen molar-refractivity contribution in [1.29, 1.82) is 0 Å². The molecule has 1 saturated carbocycles. The Bertz CT molecular complexity index is 1130. The number of amides is 3. The molecule has 0 radical (unpaired) electrons. The number of fused-ring (bicyclic) bond motifs is 1. The Morgan fingerprint density at radius 2 is 2.00 bits per heavy atom. The number of aliphatic hydroxyl groups excluding tert-OH is 1. The first-order chi connectivity index (χ1) is 15.2. The third kappa shape index (κ3) is 3.75. The van der Waals surface area contributed by atoms with Gasteiger partial charge in [-0.05, 0) is 56.4 Å². The zero-order chi connectivity index (χ0) is 23.2. The van der Waals surface area contributed by atoms with Gasteiger partial charge in [-0.25, -0.2) is 4.39 Å². The lowest BCUT2D eigenvalue weighted by Crippen LogP contribution is -2.49. The Morgan fingerprint density at radius 3 is 2.62 bits per heavy atom. The molecule has 0 bridgehead atoms. The van der Waals surface area contributed by atoms with Crippen LogP contribution in [0.5, 0.6) is 0 Å². The Balaban J connectivity index is 1.61. The van der Waals surface area contributed by atoms with Crippen molar-refractivity contribution in [2.75, 3.05) is 12.4 Å². The lowest BCUT2D eigenvalue weighted by Gasteiger charge is -2.19. The molecule has 4 N–H and O–H groups in total. The number of nitrogens with one attached hydrogen (secondary N) is 3. The van der Waals surface area contributed by atoms with Gasteiger partial charge >= 0.3 is 0 Å². The molecule has 170 valence electrons. The highest BCUT2D eigenvalue weighted by atomic mass is 35.5. The SMILES string of the molecule is CNC(=O)C1(NC(=O)C(O)c2c(C)c(C(=O)Nc3ccc(F)c(Cl)c3)n3c2CCC3)CC1. The van der Waals surface area contributed by atoms with Gasteiger partial charge in [0.1, 0.15) is 17.1 Å². The highest BCUT2D eigenvalue weighted by Crippen LogP contribution is 2.38. The normalized spacial score (nSPS) is 16.8. The number of hydrogen-bond acceptors (Lipinski definition) is 4. The largest absolute Gasteiger partial charge is 0.378 e. The van der Waals surface area contributed by atoms with Crippen LogP contribution in [0.4, 0.5) is 10.1 Å². The van der Waals surface area contributed by atoms with Gasteiger partial charge in [-0.15, -0.1) is 0 Å². The van der Waals surface area contributed by atoms with Gasteiger partial charge in [-0.1, -0.05) is 11.6 Å². The van der Waals surface area contributed by atoms with Crippen molar-refractivity contribution in [2.24, 2.45) is 0 Å². The first kappa shape index (κ1) is 22.3. The average Bonchev–Trinajstić information content (AvgIpc) is 3.29. The van der Waals surface area contributed by atoms with E-state index in [1.807, 2.05) is 0 Å². The highest BCUT2D eigenvalue weighted by molar-refractivity contribution is 6.31. The molecule has 0 spiro atoms. The van der Waals surface area contributed by atoms with Gasteiger partial charge in [0.25, 0.3) is 11.8 Å². The van der Waals surface area contributed by atoms with Crippen LogP contribution in [0.1, 0.15) is 52.7 Å². The van der Waals surface area contributed by atoms with E-state index in [2.05, 4.69) is 16.0 Å². The molecule has 1 aromatic heterocycles. The summed E-state index contributed by atoms with van der Waals surface area (Å²) >= 11 is 5.80. The van der Waals surface area contributed by atoms with Crippen LogP contribution in [0.25, 0.3) is 0 Å². The first-order valence-electron chi connectivity index (χ1n) is 10.4. The number of rotatable bonds is 6. The third-order valence-corrected chi connectivity index (χ3v) is 6.44. The van der Waals surface area contributed by atoms with Gasteiger partial charge in [0.05, 0.1) is 5.02 Å². The average molecular weight is 463 g/mol. The maximum absolute atomic E-state index is 13.4. The lowest BCUT2D eigenvalue weighted by atomic mass is 10.0. The number of aromatic nitrogens is 1. The van der Waals surface area contributed by atoms with E-state index in [1.54, 1.807) is 11.5 Å². The zero-order valence-corrected chi connectivity index (χ0v) is 18.5. The zero-order valence-electron chi connectivity index (χ0n) is 17.7. The second kappa shape index (κ2) is 8.22. The number of benzene rings is 1. The number of nitrogens with zero attached hydrogens (tertiary/aromatic N) is 1. The monoisotopic (exact) mass is 462 g/mol. The van der Waals surface area contributed by atoms with Crippen LogP contribution < -0.4 is 16.0 Å². The molecule has 1 fully saturated rings. The van der Waals surface area contributed by atoms with E-state index in [4.69, 9.17) is 11.6 Å². The Hall–Kier alpha value is -2.91. The molecule has 1 unspecified atom stereocenters. The molecule has 1 aliphatic carbocycles. The second-order valence-electron chi connectivity index (χ2n) is 8.23. The molecule has 4 rings (SSSR count). The number of carbonyl (C=O) groups excluding carboxylic acids is 3. The molecule has 2 aliphatic rings. The summed E-state index contributed by atoms with van der Waals surface area (Å²) in [4.78, 5) is 37.9. The molecule has 32 heavy (non-hydrogen) atoms. The molecule has 1 aromatic carbocycles. The molecule has 10 heteroatoms. The summed E-state index contributed by atoms with van der Waals surface area (Å²) in [6.07, 6.45) is 0.870. The maximum Gasteiger partial charge on any atom is 0.272 e. The quantitative estimate of drug-likeness (QED) is 0.527. The van der Waals surface area contributed by atoms with Gasteiger partial charge < -0.3 is 25.6 Å². The Morgan fingerprint density at radius 1 is 1.28 bits per heavy atom. The minimum Gasteiger partial charge on any atom is -0.378 e. The Labute approximate surface area is 189 Å². The summed E-state index contributed by atoms with van der Waals surface area (Å²) in [5.74, 6) is -2.01. The van der Waals surface area contributed by atoms with Crippen LogP contribution >= 0.6 is 11.6 Å². The van der Waals surface area contributed by atoms with Crippen LogP contribution in [0, 0.1) is 12.7 Å². The van der Waals surface area contributed by atoms with Gasteiger partial charge in [0, 0.05) is 30.5 Å². The summed E-state index contributed by atoms with van der Waals surface area (Å²) in [6, 6.07) is 3.88. The van der Waals surface area contributed by atoms with E-state index >= 15 is 0 Å². The fourth-order valence-electron chi connectivity index (χ4n) is 4.38. The molecule has 1 atom stereocenters. The molecule has 8 nitrogen and oxygen atoms in total. The van der Waals surface area contributed by atoms with Crippen LogP contribution in [0.3, 0.4) is 0 Å². The van der Waals surface area contributed by atoms with Gasteiger partial charge in [0.15, 0.2) is 6.10 Å². The number of likely N-dealkylation sites (N-methyl/N-ethyl adjacent to an activating group) is 1. The number of anilines is 1. The predicted octanol–water partition coefficient (Wildman–Crippen LogP) is 2.22. The summed E-state index contributed by atoms with van der Waals surface area (Å²) in [6.45, 7) is 2.25. The summed E-state index contributed by atoms with van der Waals surface area (Å²) in [5.41, 5.74) is 1.26. The first-order valence-corrected chi connectivity index (χ1v) is 10.8. The van der Waals surface area contributed by atoms with Crippen molar-refractivity contribution in [3.8, 4) is 0 Å². The van der Waals surface area contributed by atoms with Crippen LogP contribution in [0.15, 0.2) is 18.2 Å². The molecular weight excluding hydrogens is 439 g/mol. The highest BCUT2D eigenvalue weighted by Gasteiger charge is 2.51.